The summed E-state index contributed by atoms with van der Waals surface area (Å²) >= 11 is 0. The maximum Gasteiger partial charge on any atom is 2.00 e. The fourth-order valence-electron chi connectivity index (χ4n) is 19.5. The molecule has 600 valence electrons. The van der Waals surface area contributed by atoms with Crippen LogP contribution in [0.4, 0.5) is 0 Å². The second kappa shape index (κ2) is 32.3. The Balaban J connectivity index is 0.00000936. The van der Waals surface area contributed by atoms with Crippen LogP contribution in [0.5, 0.6) is 0 Å². The number of benzene rings is 21. The summed E-state index contributed by atoms with van der Waals surface area (Å²) in [4.78, 5) is 37.6. The normalized spacial score (nSPS) is 11.6. The van der Waals surface area contributed by atoms with Gasteiger partial charge >= 0.3 is 31.1 Å². The molecule has 25 aromatic rings. The number of furan rings is 1. The Bertz CT molecular complexity index is 8570. The Kier molecular flexibility index (Phi) is 19.2. The van der Waals surface area contributed by atoms with E-state index in [2.05, 4.69) is 393 Å². The van der Waals surface area contributed by atoms with Gasteiger partial charge in [-0.1, -0.05) is 303 Å². The van der Waals surface area contributed by atoms with E-state index in [9.17, 15) is 0 Å². The summed E-state index contributed by atoms with van der Waals surface area (Å²) in [6, 6.07) is 157. The molecule has 0 fully saturated rings. The molecule has 0 atom stereocenters. The zero-order valence-corrected chi connectivity index (χ0v) is 74.2. The van der Waals surface area contributed by atoms with Gasteiger partial charge in [-0.25, -0.2) is 35.5 Å². The van der Waals surface area contributed by atoms with Gasteiger partial charge in [0.05, 0.1) is 5.82 Å². The molecule has 0 N–H and O–H groups in total. The van der Waals surface area contributed by atoms with E-state index in [1.54, 1.807) is 6.20 Å². The van der Waals surface area contributed by atoms with Crippen molar-refractivity contribution in [1.29, 1.82) is 0 Å². The number of aromatic nitrogens is 7. The van der Waals surface area contributed by atoms with Gasteiger partial charge in [-0.2, -0.15) is 42.0 Å². The second-order valence-electron chi connectivity index (χ2n) is 33.2. The van der Waals surface area contributed by atoms with Gasteiger partial charge in [0.25, 0.3) is 0 Å². The summed E-state index contributed by atoms with van der Waals surface area (Å²) in [5.41, 5.74) is 22.9. The maximum atomic E-state index is 7.45. The molecule has 25 rings (SSSR count). The van der Waals surface area contributed by atoms with E-state index >= 15 is 0 Å². The number of fused-ring (bicyclic) bond motifs is 11. The van der Waals surface area contributed by atoms with Crippen molar-refractivity contribution in [3.05, 3.63) is 443 Å². The van der Waals surface area contributed by atoms with E-state index in [1.807, 2.05) is 48.7 Å². The first kappa shape index (κ1) is 77.3. The molecule has 0 saturated carbocycles. The molecule has 4 heterocycles. The number of rotatable bonds is 14. The van der Waals surface area contributed by atoms with Crippen molar-refractivity contribution < 1.29 is 35.5 Å². The third kappa shape index (κ3) is 13.7. The van der Waals surface area contributed by atoms with Crippen LogP contribution in [0.25, 0.3) is 265 Å². The topological polar surface area (TPSA) is 103 Å². The molecule has 9 heteroatoms. The molecule has 0 unspecified atom stereocenters. The van der Waals surface area contributed by atoms with Crippen molar-refractivity contribution in [2.45, 2.75) is 0 Å². The number of para-hydroxylation sites is 1. The van der Waals surface area contributed by atoms with E-state index in [-0.39, 0.29) is 31.1 Å². The van der Waals surface area contributed by atoms with Crippen molar-refractivity contribution in [1.82, 2.24) is 34.9 Å². The van der Waals surface area contributed by atoms with E-state index in [4.69, 9.17) is 34.3 Å². The molecule has 0 amide bonds. The first-order valence-corrected chi connectivity index (χ1v) is 43.5. The summed E-state index contributed by atoms with van der Waals surface area (Å²) in [6.45, 7) is 0. The Morgan fingerprint density at radius 2 is 0.554 bits per heavy atom. The summed E-state index contributed by atoms with van der Waals surface area (Å²) in [6.07, 6.45) is 3.69. The van der Waals surface area contributed by atoms with Gasteiger partial charge in [0.15, 0.2) is 29.1 Å². The molecule has 4 aromatic heterocycles. The van der Waals surface area contributed by atoms with Crippen molar-refractivity contribution in [2.75, 3.05) is 0 Å². The second-order valence-corrected chi connectivity index (χ2v) is 33.2. The van der Waals surface area contributed by atoms with Gasteiger partial charge in [-0.3, -0.25) is 4.98 Å². The van der Waals surface area contributed by atoms with Crippen molar-refractivity contribution >= 4 is 108 Å². The molecule has 8 nitrogen and oxygen atoms in total. The fraction of sp³-hybridized carbons (Fsp3) is 0. The first-order chi connectivity index (χ1) is 63.9. The number of pyridine rings is 1. The van der Waals surface area contributed by atoms with Crippen LogP contribution in [-0.2, 0) is 0 Å². The molecule has 130 heavy (non-hydrogen) atoms. The quantitative estimate of drug-likeness (QED) is 0.0783. The Hall–Kier alpha value is -16.3. The molecule has 0 aliphatic rings. The minimum Gasteiger partial charge on any atom is -0.455 e. The average molecular weight is 1880 g/mol. The third-order valence-corrected chi connectivity index (χ3v) is 25.5. The van der Waals surface area contributed by atoms with E-state index < -0.39 is 0 Å². The monoisotopic (exact) mass is 1880 g/mol. The predicted molar refractivity (Wildman–Crippen MR) is 532 cm³/mol. The van der Waals surface area contributed by atoms with Crippen LogP contribution in [0, 0.1) is 43.2 Å². The van der Waals surface area contributed by atoms with E-state index in [0.717, 1.165) is 225 Å². The van der Waals surface area contributed by atoms with Gasteiger partial charge in [0.1, 0.15) is 11.2 Å². The smallest absolute Gasteiger partial charge is 0.455 e. The van der Waals surface area contributed by atoms with Crippen molar-refractivity contribution in [3.8, 4) is 157 Å². The van der Waals surface area contributed by atoms with Crippen LogP contribution in [0.3, 0.4) is 0 Å². The van der Waals surface area contributed by atoms with E-state index in [1.165, 1.54) is 0 Å². The van der Waals surface area contributed by atoms with Gasteiger partial charge in [0.2, 0.25) is 0 Å². The minimum absolute atomic E-state index is 0. The summed E-state index contributed by atoms with van der Waals surface area (Å²) in [7, 11) is 0. The predicted octanol–water partition coefficient (Wildman–Crippen LogP) is 31.5. The van der Waals surface area contributed by atoms with Gasteiger partial charge < -0.3 is 4.42 Å². The Morgan fingerprint density at radius 3 is 1.03 bits per heavy atom. The van der Waals surface area contributed by atoms with Crippen LogP contribution in [0.15, 0.2) is 435 Å². The van der Waals surface area contributed by atoms with Crippen molar-refractivity contribution in [2.24, 2.45) is 0 Å². The molecule has 0 bridgehead atoms. The maximum absolute atomic E-state index is 7.45. The third-order valence-electron chi connectivity index (χ3n) is 25.5. The van der Waals surface area contributed by atoms with Crippen LogP contribution in [0.2, 0.25) is 0 Å². The zero-order chi connectivity index (χ0) is 85.0. The molecule has 0 aliphatic heterocycles. The van der Waals surface area contributed by atoms with Gasteiger partial charge in [0, 0.05) is 56.5 Å². The van der Waals surface area contributed by atoms with Crippen LogP contribution in [0.1, 0.15) is 0 Å². The summed E-state index contributed by atoms with van der Waals surface area (Å²) in [5.74, 6) is 3.10. The Labute approximate surface area is 772 Å². The molecule has 0 radical (unpaired) electrons. The fourth-order valence-corrected chi connectivity index (χ4v) is 19.5. The van der Waals surface area contributed by atoms with Crippen LogP contribution in [-0.4, -0.2) is 34.9 Å². The number of hydrogen-bond donors (Lipinski definition) is 0. The first-order valence-electron chi connectivity index (χ1n) is 43.5. The zero-order valence-electron chi connectivity index (χ0n) is 70.0. The van der Waals surface area contributed by atoms with Crippen molar-refractivity contribution in [3.63, 3.8) is 0 Å². The summed E-state index contributed by atoms with van der Waals surface area (Å²) < 4.78 is 7.45. The summed E-state index contributed by atoms with van der Waals surface area (Å²) in [5, 5.41) is 20.0. The largest absolute Gasteiger partial charge is 2.00 e. The van der Waals surface area contributed by atoms with E-state index in [0.29, 0.717) is 40.5 Å². The van der Waals surface area contributed by atoms with Gasteiger partial charge in [-0.15, -0.1) is 18.2 Å². The number of hydrogen-bond acceptors (Lipinski definition) is 8. The van der Waals surface area contributed by atoms with Crippen LogP contribution < -0.4 is 0 Å². The number of nitrogens with zero attached hydrogens (tertiary/aromatic N) is 7. The molecular weight excluding hydrogens is 1810 g/mol. The van der Waals surface area contributed by atoms with Crippen LogP contribution >= 0.6 is 0 Å². The SMILES string of the molecule is [U+2].[c-]1ccccc1-c1[c-]c(-c2nc(-c3ccc(-c4ccccc4)cc3)nc(-c3cc(-c4c5ccccc5cc5ccccc45)cc(-c4c5ccccc5cc5c(-c6cccc7c6oc6cc(-c8nc(-c9ccc(-c%10cccnc%10)cc9)nc(-c9cc(-c%10c%11ccccc%11cc%11ccccc%10%11)cc(-c%10c%11ccccc%11cc%11ccccc%10%11)c9)n8)ccc67)cccc45)c3)n2)ccc1. The molecule has 0 spiro atoms. The minimum atomic E-state index is 0. The standard InChI is InChI=1S/C121H71N7O.U/c1-3-25-74(26-4-1)76-50-54-78(55-51-76)116-123-118(88-37-21-36-80(61-88)75-27-5-2-6-28-75)127-120(125-116)96-69-93(113-101-43-18-11-33-85(101)64-86-34-12-19-44-102(86)113)66-94(70-96)114-103-45-20-13-35-87(103)71-109-104(46-22-47-106(109)114)107-48-23-49-108-105-59-58-89(72-110(105)129-115(107)108)119-124-117(79-56-52-77(53-57-79)90-38-24-60-122-73-90)126-121(128-119)95-67-91(111-97-39-14-7-29-81(97)62-82-30-8-15-40-98(82)111)65-92(68-95)112-99-41-16-9-31-83(99)63-84-32-10-17-42-100(84)112;/h1-27,29-60,62-73H;/q-2;+2. The molecule has 21 aromatic carbocycles. The molecule has 0 saturated heterocycles. The van der Waals surface area contributed by atoms with Gasteiger partial charge in [-0.05, 0) is 237 Å². The Morgan fingerprint density at radius 1 is 0.200 bits per heavy atom. The molecular formula is C121H71N7OU. The molecule has 0 aliphatic carbocycles. The average Bonchev–Trinajstić information content (AvgIpc) is 1.12.